The zero-order chi connectivity index (χ0) is 14.8. The summed E-state index contributed by atoms with van der Waals surface area (Å²) >= 11 is 1.35. The van der Waals surface area contributed by atoms with Crippen molar-refractivity contribution in [3.8, 4) is 0 Å². The Labute approximate surface area is 123 Å². The lowest BCUT2D eigenvalue weighted by Crippen LogP contribution is -2.40. The lowest BCUT2D eigenvalue weighted by molar-refractivity contribution is 0.0601. The van der Waals surface area contributed by atoms with E-state index < -0.39 is 5.54 Å². The maximum Gasteiger partial charge on any atom is 0.350 e. The number of carbonyl (C=O) groups is 1. The predicted molar refractivity (Wildman–Crippen MR) is 77.7 cm³/mol. The van der Waals surface area contributed by atoms with Crippen LogP contribution in [0.25, 0.3) is 0 Å². The molecule has 1 aromatic heterocycles. The summed E-state index contributed by atoms with van der Waals surface area (Å²) in [5, 5.41) is 0.830. The van der Waals surface area contributed by atoms with Crippen LogP contribution in [0.15, 0.2) is 0 Å². The van der Waals surface area contributed by atoms with E-state index in [1.165, 1.54) is 24.9 Å². The first-order chi connectivity index (χ1) is 9.50. The fourth-order valence-electron chi connectivity index (χ4n) is 2.84. The molecule has 0 bridgehead atoms. The monoisotopic (exact) mass is 298 g/mol. The minimum Gasteiger partial charge on any atom is -0.465 e. The van der Waals surface area contributed by atoms with Crippen LogP contribution < -0.4 is 5.73 Å². The molecule has 0 amide bonds. The molecule has 1 aliphatic rings. The number of nitrogens with two attached hydrogens (primary N) is 1. The van der Waals surface area contributed by atoms with E-state index in [2.05, 4.69) is 11.9 Å². The highest BCUT2D eigenvalue weighted by Gasteiger charge is 2.37. The normalized spacial score (nSPS) is 26.5. The third-order valence-corrected chi connectivity index (χ3v) is 5.11. The van der Waals surface area contributed by atoms with Crippen LogP contribution in [-0.2, 0) is 21.6 Å². The van der Waals surface area contributed by atoms with Crippen LogP contribution in [0.3, 0.4) is 0 Å². The first-order valence-corrected chi connectivity index (χ1v) is 7.68. The van der Waals surface area contributed by atoms with Gasteiger partial charge in [0.2, 0.25) is 0 Å². The molecule has 1 aliphatic carbocycles. The number of carbonyl (C=O) groups excluding carboxylic acids is 1. The molecule has 112 valence electrons. The Morgan fingerprint density at radius 2 is 2.30 bits per heavy atom. The van der Waals surface area contributed by atoms with Crippen LogP contribution in [0, 0.1) is 5.92 Å². The lowest BCUT2D eigenvalue weighted by Gasteiger charge is -2.35. The minimum absolute atomic E-state index is 0.298. The van der Waals surface area contributed by atoms with Crippen molar-refractivity contribution in [2.45, 2.75) is 44.8 Å². The van der Waals surface area contributed by atoms with Gasteiger partial charge in [-0.05, 0) is 18.8 Å². The maximum absolute atomic E-state index is 11.8. The average molecular weight is 298 g/mol. The maximum atomic E-state index is 11.8. The quantitative estimate of drug-likeness (QED) is 0.864. The SMILES string of the molecule is COCc1nc(C2(N)CCCC(C)C2)sc1C(=O)OC. The zero-order valence-electron chi connectivity index (χ0n) is 12.3. The van der Waals surface area contributed by atoms with E-state index in [0.717, 1.165) is 24.3 Å². The second-order valence-corrected chi connectivity index (χ2v) is 6.58. The number of ether oxygens (including phenoxy) is 2. The number of aromatic nitrogens is 1. The molecular weight excluding hydrogens is 276 g/mol. The van der Waals surface area contributed by atoms with E-state index in [-0.39, 0.29) is 5.97 Å². The molecule has 6 heteroatoms. The van der Waals surface area contributed by atoms with Gasteiger partial charge in [0.15, 0.2) is 0 Å². The summed E-state index contributed by atoms with van der Waals surface area (Å²) < 4.78 is 9.93. The number of rotatable bonds is 4. The first kappa shape index (κ1) is 15.4. The summed E-state index contributed by atoms with van der Waals surface area (Å²) in [6.45, 7) is 2.51. The van der Waals surface area contributed by atoms with Crippen LogP contribution in [0.5, 0.6) is 0 Å². The number of nitrogens with zero attached hydrogens (tertiary/aromatic N) is 1. The van der Waals surface area contributed by atoms with Crippen molar-refractivity contribution in [2.24, 2.45) is 11.7 Å². The standard InChI is InChI=1S/C14H22N2O3S/c1-9-5-4-6-14(15,7-9)13-16-10(8-18-2)11(20-13)12(17)19-3/h9H,4-8,15H2,1-3H3. The van der Waals surface area contributed by atoms with Crippen LogP contribution in [0.1, 0.15) is 53.0 Å². The molecule has 2 unspecified atom stereocenters. The first-order valence-electron chi connectivity index (χ1n) is 6.86. The fraction of sp³-hybridized carbons (Fsp3) is 0.714. The molecule has 5 nitrogen and oxygen atoms in total. The number of hydrogen-bond donors (Lipinski definition) is 1. The van der Waals surface area contributed by atoms with Gasteiger partial charge >= 0.3 is 5.97 Å². The summed E-state index contributed by atoms with van der Waals surface area (Å²) in [6, 6.07) is 0. The number of methoxy groups -OCH3 is 2. The average Bonchev–Trinajstić information content (AvgIpc) is 2.83. The summed E-state index contributed by atoms with van der Waals surface area (Å²) in [5.74, 6) is 0.221. The number of esters is 1. The zero-order valence-corrected chi connectivity index (χ0v) is 13.1. The summed E-state index contributed by atoms with van der Waals surface area (Å²) in [5.41, 5.74) is 6.75. The van der Waals surface area contributed by atoms with Crippen molar-refractivity contribution in [1.29, 1.82) is 0 Å². The van der Waals surface area contributed by atoms with Gasteiger partial charge in [0.1, 0.15) is 9.88 Å². The van der Waals surface area contributed by atoms with Crippen LogP contribution in [0.4, 0.5) is 0 Å². The third-order valence-electron chi connectivity index (χ3n) is 3.81. The molecule has 0 spiro atoms. The van der Waals surface area contributed by atoms with Crippen molar-refractivity contribution in [2.75, 3.05) is 14.2 Å². The van der Waals surface area contributed by atoms with Crippen molar-refractivity contribution in [3.63, 3.8) is 0 Å². The van der Waals surface area contributed by atoms with E-state index in [1.807, 2.05) is 0 Å². The second-order valence-electron chi connectivity index (χ2n) is 5.58. The molecule has 2 atom stereocenters. The molecule has 1 saturated carbocycles. The van der Waals surface area contributed by atoms with E-state index in [0.29, 0.717) is 23.1 Å². The summed E-state index contributed by atoms with van der Waals surface area (Å²) in [4.78, 5) is 16.9. The molecular formula is C14H22N2O3S. The molecule has 0 aliphatic heterocycles. The van der Waals surface area contributed by atoms with Gasteiger partial charge < -0.3 is 15.2 Å². The van der Waals surface area contributed by atoms with Crippen LogP contribution >= 0.6 is 11.3 Å². The van der Waals surface area contributed by atoms with Gasteiger partial charge in [0.25, 0.3) is 0 Å². The second kappa shape index (κ2) is 6.20. The van der Waals surface area contributed by atoms with Gasteiger partial charge in [-0.3, -0.25) is 0 Å². The van der Waals surface area contributed by atoms with Gasteiger partial charge in [0, 0.05) is 7.11 Å². The lowest BCUT2D eigenvalue weighted by atomic mass is 9.77. The molecule has 2 N–H and O–H groups in total. The highest BCUT2D eigenvalue weighted by molar-refractivity contribution is 7.13. The van der Waals surface area contributed by atoms with Crippen molar-refractivity contribution >= 4 is 17.3 Å². The van der Waals surface area contributed by atoms with Crippen LogP contribution in [-0.4, -0.2) is 25.2 Å². The summed E-state index contributed by atoms with van der Waals surface area (Å²) in [7, 11) is 2.96. The molecule has 1 fully saturated rings. The van der Waals surface area contributed by atoms with E-state index in [9.17, 15) is 4.79 Å². The van der Waals surface area contributed by atoms with Crippen molar-refractivity contribution < 1.29 is 14.3 Å². The fourth-order valence-corrected chi connectivity index (χ4v) is 3.96. The molecule has 1 heterocycles. The smallest absolute Gasteiger partial charge is 0.350 e. The Hall–Kier alpha value is -0.980. The van der Waals surface area contributed by atoms with Crippen LogP contribution in [0.2, 0.25) is 0 Å². The molecule has 0 saturated heterocycles. The predicted octanol–water partition coefficient (Wildman–Crippen LogP) is 2.44. The molecule has 20 heavy (non-hydrogen) atoms. The number of hydrogen-bond acceptors (Lipinski definition) is 6. The van der Waals surface area contributed by atoms with E-state index in [1.54, 1.807) is 7.11 Å². The van der Waals surface area contributed by atoms with Gasteiger partial charge in [-0.1, -0.05) is 19.8 Å². The summed E-state index contributed by atoms with van der Waals surface area (Å²) in [6.07, 6.45) is 4.13. The third kappa shape index (κ3) is 3.02. The van der Waals surface area contributed by atoms with Gasteiger partial charge in [-0.15, -0.1) is 11.3 Å². The molecule has 0 aromatic carbocycles. The molecule has 2 rings (SSSR count). The Morgan fingerprint density at radius 3 is 2.90 bits per heavy atom. The Balaban J connectivity index is 2.34. The Morgan fingerprint density at radius 1 is 1.55 bits per heavy atom. The molecule has 1 aromatic rings. The molecule has 0 radical (unpaired) electrons. The van der Waals surface area contributed by atoms with E-state index in [4.69, 9.17) is 15.2 Å². The number of thiazole rings is 1. The van der Waals surface area contributed by atoms with Gasteiger partial charge in [-0.2, -0.15) is 0 Å². The topological polar surface area (TPSA) is 74.4 Å². The largest absolute Gasteiger partial charge is 0.465 e. The highest BCUT2D eigenvalue weighted by atomic mass is 32.1. The van der Waals surface area contributed by atoms with Crippen molar-refractivity contribution in [3.05, 3.63) is 15.6 Å². The minimum atomic E-state index is -0.420. The van der Waals surface area contributed by atoms with Gasteiger partial charge in [0.05, 0.1) is 24.9 Å². The Bertz CT molecular complexity index is 489. The highest BCUT2D eigenvalue weighted by Crippen LogP contribution is 2.40. The van der Waals surface area contributed by atoms with Crippen molar-refractivity contribution in [1.82, 2.24) is 4.98 Å². The Kier molecular flexibility index (Phi) is 4.78. The van der Waals surface area contributed by atoms with E-state index >= 15 is 0 Å². The van der Waals surface area contributed by atoms with Gasteiger partial charge in [-0.25, -0.2) is 9.78 Å².